The van der Waals surface area contributed by atoms with Gasteiger partial charge in [-0.1, -0.05) is 77.8 Å². The van der Waals surface area contributed by atoms with Crippen molar-refractivity contribution in [2.45, 2.75) is 50.7 Å². The van der Waals surface area contributed by atoms with Gasteiger partial charge >= 0.3 is 5.97 Å². The highest BCUT2D eigenvalue weighted by molar-refractivity contribution is 6.42. The Labute approximate surface area is 262 Å². The number of esters is 1. The molecule has 1 N–H and O–H groups in total. The monoisotopic (exact) mass is 618 g/mol. The number of benzene rings is 3. The van der Waals surface area contributed by atoms with Gasteiger partial charge < -0.3 is 15.0 Å². The SMILES string of the molecule is CC(=O)NC1(c2ccccc2)CCN(CCC(c2ccc(Cl)c(Cl)c2)C(OC(C)=O)c2ccnn2-c2ccccc2)CC1. The summed E-state index contributed by atoms with van der Waals surface area (Å²) in [6.45, 7) is 5.38. The van der Waals surface area contributed by atoms with Crippen LogP contribution in [0, 0.1) is 0 Å². The number of ether oxygens (including phenoxy) is 1. The van der Waals surface area contributed by atoms with Crippen LogP contribution in [0.25, 0.3) is 5.69 Å². The van der Waals surface area contributed by atoms with Gasteiger partial charge in [0.1, 0.15) is 0 Å². The summed E-state index contributed by atoms with van der Waals surface area (Å²) in [5, 5.41) is 8.74. The number of aromatic nitrogens is 2. The van der Waals surface area contributed by atoms with Crippen molar-refractivity contribution in [1.82, 2.24) is 20.0 Å². The minimum Gasteiger partial charge on any atom is -0.455 e. The van der Waals surface area contributed by atoms with E-state index in [1.807, 2.05) is 71.4 Å². The van der Waals surface area contributed by atoms with Crippen molar-refractivity contribution in [2.75, 3.05) is 19.6 Å². The molecule has 0 spiro atoms. The molecule has 1 fully saturated rings. The molecular formula is C34H36Cl2N4O3. The van der Waals surface area contributed by atoms with Crippen molar-refractivity contribution in [2.24, 2.45) is 0 Å². The first-order chi connectivity index (χ1) is 20.8. The van der Waals surface area contributed by atoms with Gasteiger partial charge in [0.25, 0.3) is 0 Å². The highest BCUT2D eigenvalue weighted by Crippen LogP contribution is 2.40. The molecule has 2 atom stereocenters. The van der Waals surface area contributed by atoms with Gasteiger partial charge in [-0.25, -0.2) is 4.68 Å². The molecule has 1 aliphatic rings. The number of hydrogen-bond donors (Lipinski definition) is 1. The number of nitrogens with one attached hydrogen (secondary N) is 1. The molecule has 2 heterocycles. The third kappa shape index (κ3) is 7.29. The summed E-state index contributed by atoms with van der Waals surface area (Å²) >= 11 is 12.8. The molecular weight excluding hydrogens is 583 g/mol. The summed E-state index contributed by atoms with van der Waals surface area (Å²) in [5.74, 6) is -0.637. The molecule has 1 aliphatic heterocycles. The van der Waals surface area contributed by atoms with Gasteiger partial charge in [0, 0.05) is 39.1 Å². The Morgan fingerprint density at radius 2 is 1.60 bits per heavy atom. The fourth-order valence-electron chi connectivity index (χ4n) is 6.14. The third-order valence-corrected chi connectivity index (χ3v) is 8.94. The summed E-state index contributed by atoms with van der Waals surface area (Å²) in [5.41, 5.74) is 3.30. The quantitative estimate of drug-likeness (QED) is 0.192. The van der Waals surface area contributed by atoms with E-state index in [2.05, 4.69) is 27.4 Å². The molecule has 9 heteroatoms. The first-order valence-corrected chi connectivity index (χ1v) is 15.3. The summed E-state index contributed by atoms with van der Waals surface area (Å²) in [6, 6.07) is 27.5. The third-order valence-electron chi connectivity index (χ3n) is 8.20. The van der Waals surface area contributed by atoms with Gasteiger partial charge in [0.15, 0.2) is 6.10 Å². The summed E-state index contributed by atoms with van der Waals surface area (Å²) in [4.78, 5) is 27.1. The molecule has 0 saturated carbocycles. The zero-order valence-corrected chi connectivity index (χ0v) is 25.9. The minimum atomic E-state index is -0.620. The number of likely N-dealkylation sites (tertiary alicyclic amines) is 1. The molecule has 5 rings (SSSR count). The average molecular weight is 620 g/mol. The van der Waals surface area contributed by atoms with Crippen LogP contribution >= 0.6 is 23.2 Å². The van der Waals surface area contributed by atoms with Crippen LogP contribution in [0.1, 0.15) is 62.0 Å². The molecule has 0 radical (unpaired) electrons. The fourth-order valence-corrected chi connectivity index (χ4v) is 6.44. The smallest absolute Gasteiger partial charge is 0.303 e. The van der Waals surface area contributed by atoms with Crippen LogP contribution in [-0.2, 0) is 19.9 Å². The Kier molecular flexibility index (Phi) is 9.86. The van der Waals surface area contributed by atoms with E-state index in [1.165, 1.54) is 6.92 Å². The topological polar surface area (TPSA) is 76.5 Å². The second-order valence-corrected chi connectivity index (χ2v) is 11.9. The van der Waals surface area contributed by atoms with E-state index in [0.717, 1.165) is 55.0 Å². The standard InChI is InChI=1S/C34H36Cl2N4O3/c1-24(41)38-34(27-9-5-3-6-10-27)17-21-39(22-18-34)20-16-29(26-13-14-30(35)31(36)23-26)33(43-25(2)42)32-15-19-37-40(32)28-11-7-4-8-12-28/h3-15,19,23,29,33H,16-18,20-22H2,1-2H3,(H,38,41). The van der Waals surface area contributed by atoms with Gasteiger partial charge in [-0.3, -0.25) is 9.59 Å². The lowest BCUT2D eigenvalue weighted by molar-refractivity contribution is -0.148. The number of nitrogens with zero attached hydrogens (tertiary/aromatic N) is 3. The van der Waals surface area contributed by atoms with Crippen molar-refractivity contribution in [3.8, 4) is 5.69 Å². The predicted molar refractivity (Wildman–Crippen MR) is 170 cm³/mol. The molecule has 7 nitrogen and oxygen atoms in total. The molecule has 3 aromatic carbocycles. The van der Waals surface area contributed by atoms with E-state index in [9.17, 15) is 9.59 Å². The Morgan fingerprint density at radius 3 is 2.23 bits per heavy atom. The molecule has 4 aromatic rings. The maximum absolute atomic E-state index is 12.5. The van der Waals surface area contributed by atoms with E-state index >= 15 is 0 Å². The normalized spacial score (nSPS) is 16.3. The van der Waals surface area contributed by atoms with Gasteiger partial charge in [-0.2, -0.15) is 5.10 Å². The van der Waals surface area contributed by atoms with Crippen LogP contribution in [-0.4, -0.2) is 46.2 Å². The zero-order chi connectivity index (χ0) is 30.4. The lowest BCUT2D eigenvalue weighted by atomic mass is 9.80. The molecule has 224 valence electrons. The molecule has 1 saturated heterocycles. The summed E-state index contributed by atoms with van der Waals surface area (Å²) in [7, 11) is 0. The van der Waals surface area contributed by atoms with Crippen LogP contribution in [0.3, 0.4) is 0 Å². The maximum Gasteiger partial charge on any atom is 0.303 e. The largest absolute Gasteiger partial charge is 0.455 e. The van der Waals surface area contributed by atoms with Crippen LogP contribution in [0.15, 0.2) is 91.1 Å². The Hall–Kier alpha value is -3.65. The fraction of sp³-hybridized carbons (Fsp3) is 0.324. The van der Waals surface area contributed by atoms with E-state index in [0.29, 0.717) is 16.5 Å². The van der Waals surface area contributed by atoms with E-state index < -0.39 is 11.6 Å². The first-order valence-electron chi connectivity index (χ1n) is 14.5. The maximum atomic E-state index is 12.5. The molecule has 2 unspecified atom stereocenters. The average Bonchev–Trinajstić information content (AvgIpc) is 3.49. The van der Waals surface area contributed by atoms with Gasteiger partial charge in [0.05, 0.1) is 27.0 Å². The number of hydrogen-bond acceptors (Lipinski definition) is 5. The van der Waals surface area contributed by atoms with Crippen molar-refractivity contribution >= 4 is 35.1 Å². The summed E-state index contributed by atoms with van der Waals surface area (Å²) in [6.07, 6.45) is 3.38. The Morgan fingerprint density at radius 1 is 0.930 bits per heavy atom. The lowest BCUT2D eigenvalue weighted by Gasteiger charge is -2.43. The molecule has 0 bridgehead atoms. The van der Waals surface area contributed by atoms with Crippen molar-refractivity contribution < 1.29 is 14.3 Å². The number of carbonyl (C=O) groups is 2. The molecule has 1 amide bonds. The number of carbonyl (C=O) groups excluding carboxylic acids is 2. The van der Waals surface area contributed by atoms with Gasteiger partial charge in [-0.15, -0.1) is 0 Å². The molecule has 0 aliphatic carbocycles. The van der Waals surface area contributed by atoms with E-state index in [1.54, 1.807) is 19.2 Å². The first kappa shape index (κ1) is 30.8. The van der Waals surface area contributed by atoms with E-state index in [-0.39, 0.29) is 17.8 Å². The van der Waals surface area contributed by atoms with Gasteiger partial charge in [-0.05, 0) is 67.3 Å². The van der Waals surface area contributed by atoms with Gasteiger partial charge in [0.2, 0.25) is 5.91 Å². The Bertz CT molecular complexity index is 1540. The Balaban J connectivity index is 1.42. The predicted octanol–water partition coefficient (Wildman–Crippen LogP) is 7.08. The minimum absolute atomic E-state index is 0.0313. The number of rotatable bonds is 10. The van der Waals surface area contributed by atoms with Crippen molar-refractivity contribution in [3.05, 3.63) is 118 Å². The molecule has 1 aromatic heterocycles. The number of para-hydroxylation sites is 1. The van der Waals surface area contributed by atoms with E-state index in [4.69, 9.17) is 27.9 Å². The number of piperidine rings is 1. The second-order valence-electron chi connectivity index (χ2n) is 11.1. The van der Waals surface area contributed by atoms with Crippen LogP contribution in [0.2, 0.25) is 10.0 Å². The van der Waals surface area contributed by atoms with Crippen LogP contribution in [0.4, 0.5) is 0 Å². The highest BCUT2D eigenvalue weighted by Gasteiger charge is 2.38. The van der Waals surface area contributed by atoms with Crippen molar-refractivity contribution in [3.63, 3.8) is 0 Å². The molecule has 43 heavy (non-hydrogen) atoms. The lowest BCUT2D eigenvalue weighted by Crippen LogP contribution is -2.52. The van der Waals surface area contributed by atoms with Crippen molar-refractivity contribution in [1.29, 1.82) is 0 Å². The second kappa shape index (κ2) is 13.8. The number of amides is 1. The summed E-state index contributed by atoms with van der Waals surface area (Å²) < 4.78 is 7.90. The van der Waals surface area contributed by atoms with Crippen LogP contribution < -0.4 is 5.32 Å². The number of halogens is 2. The highest BCUT2D eigenvalue weighted by atomic mass is 35.5. The zero-order valence-electron chi connectivity index (χ0n) is 24.4. The van der Waals surface area contributed by atoms with Crippen LogP contribution in [0.5, 0.6) is 0 Å².